The molecular weight excluding hydrogens is 336 g/mol. The van der Waals surface area contributed by atoms with Crippen molar-refractivity contribution in [1.29, 1.82) is 0 Å². The molecule has 0 bridgehead atoms. The van der Waals surface area contributed by atoms with Gasteiger partial charge in [0, 0.05) is 18.7 Å². The van der Waals surface area contributed by atoms with Gasteiger partial charge in [0.2, 0.25) is 10.0 Å². The van der Waals surface area contributed by atoms with Crippen molar-refractivity contribution < 1.29 is 13.2 Å². The number of carbonyl (C=O) groups is 1. The zero-order valence-corrected chi connectivity index (χ0v) is 15.2. The second-order valence-corrected chi connectivity index (χ2v) is 7.54. The van der Waals surface area contributed by atoms with Crippen LogP contribution < -0.4 is 10.0 Å². The van der Waals surface area contributed by atoms with E-state index in [0.29, 0.717) is 25.1 Å². The summed E-state index contributed by atoms with van der Waals surface area (Å²) in [6, 6.07) is 16.2. The molecule has 6 heteroatoms. The second-order valence-electron chi connectivity index (χ2n) is 5.77. The lowest BCUT2D eigenvalue weighted by Gasteiger charge is -2.08. The van der Waals surface area contributed by atoms with Crippen molar-refractivity contribution in [3.05, 3.63) is 65.7 Å². The molecule has 0 atom stereocenters. The summed E-state index contributed by atoms with van der Waals surface area (Å²) in [5.41, 5.74) is 1.57. The highest BCUT2D eigenvalue weighted by Gasteiger charge is 2.15. The average Bonchev–Trinajstić information content (AvgIpc) is 2.64. The minimum Gasteiger partial charge on any atom is -0.352 e. The first-order valence-electron chi connectivity index (χ1n) is 8.45. The second kappa shape index (κ2) is 9.34. The molecule has 0 aliphatic rings. The molecule has 0 heterocycles. The highest BCUT2D eigenvalue weighted by Crippen LogP contribution is 2.11. The van der Waals surface area contributed by atoms with Gasteiger partial charge in [-0.1, -0.05) is 43.3 Å². The molecule has 2 rings (SSSR count). The van der Waals surface area contributed by atoms with Gasteiger partial charge in [-0.25, -0.2) is 13.1 Å². The van der Waals surface area contributed by atoms with E-state index >= 15 is 0 Å². The molecule has 0 aliphatic heterocycles. The van der Waals surface area contributed by atoms with E-state index in [2.05, 4.69) is 22.2 Å². The minimum absolute atomic E-state index is 0.109. The highest BCUT2D eigenvalue weighted by atomic mass is 32.2. The maximum absolute atomic E-state index is 12.2. The van der Waals surface area contributed by atoms with Crippen LogP contribution in [0.5, 0.6) is 0 Å². The van der Waals surface area contributed by atoms with Gasteiger partial charge in [0.05, 0.1) is 4.90 Å². The molecule has 0 aromatic heterocycles. The SMILES string of the molecule is CCCNS(=O)(=O)c1cccc(C(=O)NCCCc2ccccc2)c1. The van der Waals surface area contributed by atoms with Crippen LogP contribution in [-0.4, -0.2) is 27.4 Å². The Morgan fingerprint density at radius 2 is 1.76 bits per heavy atom. The Hall–Kier alpha value is -2.18. The molecule has 0 unspecified atom stereocenters. The normalized spacial score (nSPS) is 11.2. The number of amides is 1. The number of nitrogens with one attached hydrogen (secondary N) is 2. The molecule has 2 aromatic carbocycles. The predicted molar refractivity (Wildman–Crippen MR) is 99.0 cm³/mol. The molecule has 2 aromatic rings. The summed E-state index contributed by atoms with van der Waals surface area (Å²) in [6.45, 7) is 2.80. The molecular formula is C19H24N2O3S. The molecule has 134 valence electrons. The highest BCUT2D eigenvalue weighted by molar-refractivity contribution is 7.89. The topological polar surface area (TPSA) is 75.3 Å². The van der Waals surface area contributed by atoms with Gasteiger partial charge in [0.1, 0.15) is 0 Å². The first-order valence-corrected chi connectivity index (χ1v) is 9.93. The molecule has 0 fully saturated rings. The Balaban J connectivity index is 1.90. The Bertz CT molecular complexity index is 789. The summed E-state index contributed by atoms with van der Waals surface area (Å²) in [4.78, 5) is 12.3. The maximum atomic E-state index is 12.2. The van der Waals surface area contributed by atoms with Crippen molar-refractivity contribution in [2.45, 2.75) is 31.1 Å². The third-order valence-corrected chi connectivity index (χ3v) is 5.18. The predicted octanol–water partition coefficient (Wildman–Crippen LogP) is 2.74. The van der Waals surface area contributed by atoms with Gasteiger partial charge in [0.15, 0.2) is 0 Å². The number of rotatable bonds is 9. The smallest absolute Gasteiger partial charge is 0.251 e. The molecule has 0 spiro atoms. The van der Waals surface area contributed by atoms with E-state index in [1.54, 1.807) is 12.1 Å². The van der Waals surface area contributed by atoms with Crippen LogP contribution in [0, 0.1) is 0 Å². The molecule has 0 aliphatic carbocycles. The van der Waals surface area contributed by atoms with E-state index in [-0.39, 0.29) is 10.8 Å². The van der Waals surface area contributed by atoms with Crippen LogP contribution in [0.4, 0.5) is 0 Å². The van der Waals surface area contributed by atoms with E-state index < -0.39 is 10.0 Å². The summed E-state index contributed by atoms with van der Waals surface area (Å²) < 4.78 is 26.8. The van der Waals surface area contributed by atoms with Crippen LogP contribution in [0.3, 0.4) is 0 Å². The lowest BCUT2D eigenvalue weighted by molar-refractivity contribution is 0.0953. The lowest BCUT2D eigenvalue weighted by Crippen LogP contribution is -2.27. The summed E-state index contributed by atoms with van der Waals surface area (Å²) in [7, 11) is -3.57. The number of carbonyl (C=O) groups excluding carboxylic acids is 1. The van der Waals surface area contributed by atoms with Gasteiger partial charge in [-0.15, -0.1) is 0 Å². The standard InChI is InChI=1S/C19H24N2O3S/c1-2-13-21-25(23,24)18-12-6-11-17(15-18)19(22)20-14-7-10-16-8-4-3-5-9-16/h3-6,8-9,11-12,15,21H,2,7,10,13-14H2,1H3,(H,20,22). The Morgan fingerprint density at radius 1 is 1.00 bits per heavy atom. The van der Waals surface area contributed by atoms with Gasteiger partial charge in [-0.2, -0.15) is 0 Å². The molecule has 0 saturated heterocycles. The third kappa shape index (κ3) is 5.99. The van der Waals surface area contributed by atoms with Crippen LogP contribution in [0.2, 0.25) is 0 Å². The third-order valence-electron chi connectivity index (χ3n) is 3.72. The molecule has 0 radical (unpaired) electrons. The van der Waals surface area contributed by atoms with Crippen molar-refractivity contribution in [2.24, 2.45) is 0 Å². The average molecular weight is 360 g/mol. The van der Waals surface area contributed by atoms with Crippen LogP contribution >= 0.6 is 0 Å². The van der Waals surface area contributed by atoms with Crippen molar-refractivity contribution in [3.63, 3.8) is 0 Å². The van der Waals surface area contributed by atoms with Gasteiger partial charge in [-0.05, 0) is 43.0 Å². The molecule has 2 N–H and O–H groups in total. The van der Waals surface area contributed by atoms with Crippen LogP contribution in [0.1, 0.15) is 35.7 Å². The Labute approximate surface area is 149 Å². The van der Waals surface area contributed by atoms with Gasteiger partial charge < -0.3 is 5.32 Å². The van der Waals surface area contributed by atoms with Crippen molar-refractivity contribution in [2.75, 3.05) is 13.1 Å². The van der Waals surface area contributed by atoms with Crippen molar-refractivity contribution in [1.82, 2.24) is 10.0 Å². The Morgan fingerprint density at radius 3 is 2.48 bits per heavy atom. The van der Waals surface area contributed by atoms with E-state index in [1.165, 1.54) is 17.7 Å². The van der Waals surface area contributed by atoms with E-state index in [1.807, 2.05) is 25.1 Å². The number of benzene rings is 2. The molecule has 25 heavy (non-hydrogen) atoms. The zero-order chi connectivity index (χ0) is 18.1. The van der Waals surface area contributed by atoms with Gasteiger partial charge >= 0.3 is 0 Å². The Kier molecular flexibility index (Phi) is 7.16. The molecule has 0 saturated carbocycles. The van der Waals surface area contributed by atoms with E-state index in [4.69, 9.17) is 0 Å². The monoisotopic (exact) mass is 360 g/mol. The van der Waals surface area contributed by atoms with Crippen LogP contribution in [-0.2, 0) is 16.4 Å². The van der Waals surface area contributed by atoms with Crippen LogP contribution in [0.15, 0.2) is 59.5 Å². The first-order chi connectivity index (χ1) is 12.0. The minimum atomic E-state index is -3.57. The summed E-state index contributed by atoms with van der Waals surface area (Å²) >= 11 is 0. The largest absolute Gasteiger partial charge is 0.352 e. The molecule has 5 nitrogen and oxygen atoms in total. The maximum Gasteiger partial charge on any atom is 0.251 e. The summed E-state index contributed by atoms with van der Waals surface area (Å²) in [5, 5.41) is 2.84. The van der Waals surface area contributed by atoms with E-state index in [0.717, 1.165) is 12.8 Å². The molecule has 1 amide bonds. The number of sulfonamides is 1. The van der Waals surface area contributed by atoms with Crippen molar-refractivity contribution in [3.8, 4) is 0 Å². The quantitative estimate of drug-likeness (QED) is 0.675. The van der Waals surface area contributed by atoms with E-state index in [9.17, 15) is 13.2 Å². The van der Waals surface area contributed by atoms with Crippen molar-refractivity contribution >= 4 is 15.9 Å². The fourth-order valence-electron chi connectivity index (χ4n) is 2.37. The zero-order valence-electron chi connectivity index (χ0n) is 14.4. The van der Waals surface area contributed by atoms with Gasteiger partial charge in [-0.3, -0.25) is 4.79 Å². The van der Waals surface area contributed by atoms with Gasteiger partial charge in [0.25, 0.3) is 5.91 Å². The number of hydrogen-bond acceptors (Lipinski definition) is 3. The number of aryl methyl sites for hydroxylation is 1. The summed E-state index contributed by atoms with van der Waals surface area (Å²) in [5.74, 6) is -0.263. The first kappa shape index (κ1) is 19.1. The summed E-state index contributed by atoms with van der Waals surface area (Å²) in [6.07, 6.45) is 2.42. The van der Waals surface area contributed by atoms with Crippen LogP contribution in [0.25, 0.3) is 0 Å². The number of hydrogen-bond donors (Lipinski definition) is 2. The lowest BCUT2D eigenvalue weighted by atomic mass is 10.1. The fourth-order valence-corrected chi connectivity index (χ4v) is 3.54. The fraction of sp³-hybridized carbons (Fsp3) is 0.316.